The van der Waals surface area contributed by atoms with Crippen LogP contribution in [0.15, 0.2) is 58.7 Å². The lowest BCUT2D eigenvalue weighted by atomic mass is 9.98. The highest BCUT2D eigenvalue weighted by atomic mass is 79.9. The minimum absolute atomic E-state index is 0.0237. The van der Waals surface area contributed by atoms with E-state index in [1.54, 1.807) is 24.3 Å². The molecule has 2 aromatic carbocycles. The van der Waals surface area contributed by atoms with Crippen molar-refractivity contribution >= 4 is 40.0 Å². The van der Waals surface area contributed by atoms with Crippen molar-refractivity contribution in [2.24, 2.45) is 5.92 Å². The highest BCUT2D eigenvalue weighted by molar-refractivity contribution is 9.10. The summed E-state index contributed by atoms with van der Waals surface area (Å²) >= 11 is 3.44. The van der Waals surface area contributed by atoms with Crippen molar-refractivity contribution in [2.75, 3.05) is 0 Å². The number of benzene rings is 2. The number of carbonyl (C=O) groups excluding carboxylic acids is 3. The van der Waals surface area contributed by atoms with Gasteiger partial charge in [0.25, 0.3) is 0 Å². The van der Waals surface area contributed by atoms with Crippen LogP contribution in [0.2, 0.25) is 0 Å². The predicted octanol–water partition coefficient (Wildman–Crippen LogP) is 5.68. The number of nitrogens with one attached hydrogen (secondary N) is 1. The van der Waals surface area contributed by atoms with Gasteiger partial charge in [0.15, 0.2) is 6.29 Å². The Hall–Kier alpha value is -2.73. The van der Waals surface area contributed by atoms with Crippen molar-refractivity contribution in [1.82, 2.24) is 5.32 Å². The van der Waals surface area contributed by atoms with Crippen molar-refractivity contribution in [2.45, 2.75) is 39.5 Å². The first-order chi connectivity index (χ1) is 14.5. The SMILES string of the molecule is CCCCC(CC)C(=O)N/C(=C\c1ccc(Oc2ccccc2Br)cc1)C(=O)C=O. The molecule has 1 amide bonds. The largest absolute Gasteiger partial charge is 0.456 e. The first kappa shape index (κ1) is 23.5. The quantitative estimate of drug-likeness (QED) is 0.259. The average Bonchev–Trinajstić information content (AvgIpc) is 2.76. The van der Waals surface area contributed by atoms with Gasteiger partial charge in [0.1, 0.15) is 11.5 Å². The maximum atomic E-state index is 12.5. The molecular formula is C24H26BrNO4. The third-order valence-corrected chi connectivity index (χ3v) is 5.31. The summed E-state index contributed by atoms with van der Waals surface area (Å²) in [4.78, 5) is 35.6. The summed E-state index contributed by atoms with van der Waals surface area (Å²) < 4.78 is 6.66. The molecule has 2 aromatic rings. The molecule has 0 heterocycles. The number of hydrogen-bond acceptors (Lipinski definition) is 4. The first-order valence-electron chi connectivity index (χ1n) is 10.0. The smallest absolute Gasteiger partial charge is 0.241 e. The first-order valence-corrected chi connectivity index (χ1v) is 10.8. The molecule has 0 bridgehead atoms. The number of rotatable bonds is 11. The van der Waals surface area contributed by atoms with Crippen molar-refractivity contribution < 1.29 is 19.1 Å². The van der Waals surface area contributed by atoms with Gasteiger partial charge in [-0.15, -0.1) is 0 Å². The molecule has 0 aromatic heterocycles. The number of unbranched alkanes of at least 4 members (excludes halogenated alkanes) is 1. The van der Waals surface area contributed by atoms with Crippen LogP contribution in [0.1, 0.15) is 45.1 Å². The molecule has 30 heavy (non-hydrogen) atoms. The lowest BCUT2D eigenvalue weighted by molar-refractivity contribution is -0.129. The van der Waals surface area contributed by atoms with E-state index in [1.807, 2.05) is 31.2 Å². The molecule has 158 valence electrons. The van der Waals surface area contributed by atoms with E-state index in [2.05, 4.69) is 28.2 Å². The fourth-order valence-corrected chi connectivity index (χ4v) is 3.26. The Morgan fingerprint density at radius 2 is 1.80 bits per heavy atom. The number of ketones is 1. The predicted molar refractivity (Wildman–Crippen MR) is 121 cm³/mol. The Morgan fingerprint density at radius 1 is 1.10 bits per heavy atom. The van der Waals surface area contributed by atoms with E-state index in [4.69, 9.17) is 4.74 Å². The van der Waals surface area contributed by atoms with Crippen LogP contribution in [0.25, 0.3) is 6.08 Å². The van der Waals surface area contributed by atoms with Crippen molar-refractivity contribution in [1.29, 1.82) is 0 Å². The maximum Gasteiger partial charge on any atom is 0.241 e. The molecule has 0 aliphatic rings. The molecule has 1 N–H and O–H groups in total. The summed E-state index contributed by atoms with van der Waals surface area (Å²) in [6.45, 7) is 4.00. The third-order valence-electron chi connectivity index (χ3n) is 4.66. The topological polar surface area (TPSA) is 72.5 Å². The highest BCUT2D eigenvalue weighted by Gasteiger charge is 2.19. The Kier molecular flexibility index (Phi) is 9.48. The summed E-state index contributed by atoms with van der Waals surface area (Å²) in [6.07, 6.45) is 5.07. The summed E-state index contributed by atoms with van der Waals surface area (Å²) in [5.41, 5.74) is 0.644. The molecule has 0 radical (unpaired) electrons. The summed E-state index contributed by atoms with van der Waals surface area (Å²) in [5.74, 6) is 0.121. The second-order valence-electron chi connectivity index (χ2n) is 6.88. The van der Waals surface area contributed by atoms with Gasteiger partial charge in [-0.25, -0.2) is 0 Å². The molecule has 6 heteroatoms. The second-order valence-corrected chi connectivity index (χ2v) is 7.73. The van der Waals surface area contributed by atoms with E-state index in [1.165, 1.54) is 6.08 Å². The molecule has 2 rings (SSSR count). The van der Waals surface area contributed by atoms with Gasteiger partial charge in [-0.2, -0.15) is 0 Å². The zero-order valence-corrected chi connectivity index (χ0v) is 18.8. The number of allylic oxidation sites excluding steroid dienone is 1. The van der Waals surface area contributed by atoms with E-state index in [0.29, 0.717) is 23.5 Å². The average molecular weight is 472 g/mol. The third kappa shape index (κ3) is 6.95. The van der Waals surface area contributed by atoms with Gasteiger partial charge in [0.05, 0.1) is 10.2 Å². The molecule has 0 aliphatic carbocycles. The minimum Gasteiger partial charge on any atom is -0.456 e. The summed E-state index contributed by atoms with van der Waals surface area (Å²) in [6, 6.07) is 14.5. The van der Waals surface area contributed by atoms with Crippen LogP contribution in [0, 0.1) is 5.92 Å². The fraction of sp³-hybridized carbons (Fsp3) is 0.292. The molecule has 0 saturated carbocycles. The van der Waals surface area contributed by atoms with Crippen molar-refractivity contribution in [3.8, 4) is 11.5 Å². The molecule has 0 fully saturated rings. The monoisotopic (exact) mass is 471 g/mol. The van der Waals surface area contributed by atoms with E-state index in [-0.39, 0.29) is 23.8 Å². The van der Waals surface area contributed by atoms with Crippen LogP contribution < -0.4 is 10.1 Å². The van der Waals surface area contributed by atoms with Crippen molar-refractivity contribution in [3.63, 3.8) is 0 Å². The van der Waals surface area contributed by atoms with Gasteiger partial charge in [-0.1, -0.05) is 51.0 Å². The van der Waals surface area contributed by atoms with Gasteiger partial charge in [-0.3, -0.25) is 14.4 Å². The molecule has 0 saturated heterocycles. The van der Waals surface area contributed by atoms with E-state index < -0.39 is 5.78 Å². The van der Waals surface area contributed by atoms with Crippen LogP contribution >= 0.6 is 15.9 Å². The van der Waals surface area contributed by atoms with Crippen molar-refractivity contribution in [3.05, 3.63) is 64.3 Å². The van der Waals surface area contributed by atoms with Gasteiger partial charge >= 0.3 is 0 Å². The van der Waals surface area contributed by atoms with Gasteiger partial charge in [0, 0.05) is 5.92 Å². The van der Waals surface area contributed by atoms with Gasteiger partial charge in [0.2, 0.25) is 11.7 Å². The molecular weight excluding hydrogens is 446 g/mol. The number of hydrogen-bond donors (Lipinski definition) is 1. The standard InChI is InChI=1S/C24H26BrNO4/c1-3-5-8-18(4-2)24(29)26-21(22(28)16-27)15-17-11-13-19(14-12-17)30-23-10-7-6-9-20(23)25/h6-7,9-16,18H,3-5,8H2,1-2H3,(H,26,29)/b21-15-. The van der Waals surface area contributed by atoms with Gasteiger partial charge in [-0.05, 0) is 64.7 Å². The number of carbonyl (C=O) groups is 3. The lowest BCUT2D eigenvalue weighted by Crippen LogP contribution is -2.33. The van der Waals surface area contributed by atoms with Crippen LogP contribution in [0.3, 0.4) is 0 Å². The van der Waals surface area contributed by atoms with Crippen LogP contribution in [-0.2, 0) is 14.4 Å². The van der Waals surface area contributed by atoms with Crippen LogP contribution in [0.4, 0.5) is 0 Å². The number of ether oxygens (including phenoxy) is 1. The Balaban J connectivity index is 2.16. The van der Waals surface area contributed by atoms with E-state index in [0.717, 1.165) is 23.7 Å². The Labute approximate surface area is 185 Å². The zero-order valence-electron chi connectivity index (χ0n) is 17.2. The zero-order chi connectivity index (χ0) is 21.9. The number of amides is 1. The van der Waals surface area contributed by atoms with Gasteiger partial charge < -0.3 is 10.1 Å². The lowest BCUT2D eigenvalue weighted by Gasteiger charge is -2.15. The second kappa shape index (κ2) is 12.1. The number of halogens is 1. The highest BCUT2D eigenvalue weighted by Crippen LogP contribution is 2.29. The molecule has 1 unspecified atom stereocenters. The number of aldehydes is 1. The molecule has 0 spiro atoms. The van der Waals surface area contributed by atoms with E-state index in [9.17, 15) is 14.4 Å². The number of para-hydroxylation sites is 1. The Bertz CT molecular complexity index is 906. The van der Waals surface area contributed by atoms with Crippen LogP contribution in [0.5, 0.6) is 11.5 Å². The maximum absolute atomic E-state index is 12.5. The minimum atomic E-state index is -0.762. The summed E-state index contributed by atoms with van der Waals surface area (Å²) in [7, 11) is 0. The number of Topliss-reactive ketones (excluding diaryl/α,β-unsaturated/α-hetero) is 1. The summed E-state index contributed by atoms with van der Waals surface area (Å²) in [5, 5.41) is 2.64. The van der Waals surface area contributed by atoms with Crippen LogP contribution in [-0.4, -0.2) is 18.0 Å². The Morgan fingerprint density at radius 3 is 2.40 bits per heavy atom. The molecule has 5 nitrogen and oxygen atoms in total. The fourth-order valence-electron chi connectivity index (χ4n) is 2.89. The molecule has 1 atom stereocenters. The molecule has 0 aliphatic heterocycles. The van der Waals surface area contributed by atoms with E-state index >= 15 is 0 Å². The normalized spacial score (nSPS) is 12.2.